The summed E-state index contributed by atoms with van der Waals surface area (Å²) in [6, 6.07) is 14.6. The summed E-state index contributed by atoms with van der Waals surface area (Å²) < 4.78 is 6.18. The van der Waals surface area contributed by atoms with E-state index < -0.39 is 0 Å². The number of hydrogen-bond acceptors (Lipinski definition) is 2. The molecule has 1 unspecified atom stereocenters. The molecule has 0 aliphatic rings. The van der Waals surface area contributed by atoms with E-state index in [4.69, 9.17) is 10.5 Å². The lowest BCUT2D eigenvalue weighted by molar-refractivity contribution is 0.211. The molecule has 0 saturated heterocycles. The van der Waals surface area contributed by atoms with Gasteiger partial charge in [0.05, 0.1) is 0 Å². The van der Waals surface area contributed by atoms with E-state index in [1.165, 1.54) is 22.3 Å². The molecule has 0 aliphatic carbocycles. The van der Waals surface area contributed by atoms with Crippen LogP contribution in [0.15, 0.2) is 42.5 Å². The second kappa shape index (κ2) is 6.58. The number of rotatable bonds is 5. The van der Waals surface area contributed by atoms with Crippen molar-refractivity contribution in [1.82, 2.24) is 0 Å². The van der Waals surface area contributed by atoms with E-state index in [1.54, 1.807) is 0 Å². The summed E-state index contributed by atoms with van der Waals surface area (Å²) in [5, 5.41) is 0. The molecule has 0 fully saturated rings. The SMILES string of the molecule is CCc1ccccc1OC(CN)c1cc(C)ccc1C. The molecule has 20 heavy (non-hydrogen) atoms. The first kappa shape index (κ1) is 14.6. The fourth-order valence-corrected chi connectivity index (χ4v) is 2.41. The lowest BCUT2D eigenvalue weighted by Gasteiger charge is -2.21. The van der Waals surface area contributed by atoms with E-state index in [0.29, 0.717) is 6.54 Å². The zero-order valence-corrected chi connectivity index (χ0v) is 12.5. The van der Waals surface area contributed by atoms with Crippen LogP contribution in [0.2, 0.25) is 0 Å². The first-order valence-electron chi connectivity index (χ1n) is 7.17. The van der Waals surface area contributed by atoms with E-state index in [-0.39, 0.29) is 6.10 Å². The molecule has 2 heteroatoms. The third kappa shape index (κ3) is 3.20. The molecule has 0 bridgehead atoms. The van der Waals surface area contributed by atoms with Gasteiger partial charge in [-0.25, -0.2) is 0 Å². The Balaban J connectivity index is 2.31. The highest BCUT2D eigenvalue weighted by molar-refractivity contribution is 5.36. The van der Waals surface area contributed by atoms with Crippen LogP contribution in [-0.4, -0.2) is 6.54 Å². The highest BCUT2D eigenvalue weighted by atomic mass is 16.5. The number of benzene rings is 2. The van der Waals surface area contributed by atoms with Crippen molar-refractivity contribution >= 4 is 0 Å². The second-order valence-corrected chi connectivity index (χ2v) is 5.16. The third-order valence-electron chi connectivity index (χ3n) is 3.62. The highest BCUT2D eigenvalue weighted by Gasteiger charge is 2.15. The maximum Gasteiger partial charge on any atom is 0.136 e. The Morgan fingerprint density at radius 3 is 2.55 bits per heavy atom. The average molecular weight is 269 g/mol. The van der Waals surface area contributed by atoms with E-state index in [0.717, 1.165) is 12.2 Å². The van der Waals surface area contributed by atoms with Gasteiger partial charge in [0, 0.05) is 6.54 Å². The number of ether oxygens (including phenoxy) is 1. The van der Waals surface area contributed by atoms with Gasteiger partial charge < -0.3 is 10.5 Å². The molecule has 0 saturated carbocycles. The zero-order chi connectivity index (χ0) is 14.5. The van der Waals surface area contributed by atoms with E-state index >= 15 is 0 Å². The van der Waals surface area contributed by atoms with Gasteiger partial charge >= 0.3 is 0 Å². The van der Waals surface area contributed by atoms with Gasteiger partial charge in [-0.3, -0.25) is 0 Å². The molecule has 0 spiro atoms. The largest absolute Gasteiger partial charge is 0.484 e. The van der Waals surface area contributed by atoms with Crippen molar-refractivity contribution in [2.24, 2.45) is 5.73 Å². The van der Waals surface area contributed by atoms with Gasteiger partial charge in [0.2, 0.25) is 0 Å². The second-order valence-electron chi connectivity index (χ2n) is 5.16. The first-order valence-corrected chi connectivity index (χ1v) is 7.17. The minimum atomic E-state index is -0.0948. The molecule has 0 heterocycles. The molecule has 106 valence electrons. The third-order valence-corrected chi connectivity index (χ3v) is 3.62. The van der Waals surface area contributed by atoms with E-state index in [2.05, 4.69) is 45.0 Å². The fourth-order valence-electron chi connectivity index (χ4n) is 2.41. The predicted octanol–water partition coefficient (Wildman–Crippen LogP) is 3.94. The molecule has 2 rings (SSSR count). The van der Waals surface area contributed by atoms with E-state index in [1.807, 2.05) is 18.2 Å². The summed E-state index contributed by atoms with van der Waals surface area (Å²) in [5.74, 6) is 0.936. The summed E-state index contributed by atoms with van der Waals surface area (Å²) in [6.45, 7) is 6.81. The fraction of sp³-hybridized carbons (Fsp3) is 0.333. The van der Waals surface area contributed by atoms with Crippen LogP contribution in [0.3, 0.4) is 0 Å². The topological polar surface area (TPSA) is 35.2 Å². The van der Waals surface area contributed by atoms with Crippen molar-refractivity contribution in [1.29, 1.82) is 0 Å². The average Bonchev–Trinajstić information content (AvgIpc) is 2.48. The molecule has 2 N–H and O–H groups in total. The Morgan fingerprint density at radius 2 is 1.85 bits per heavy atom. The summed E-state index contributed by atoms with van der Waals surface area (Å²) in [6.07, 6.45) is 0.864. The lowest BCUT2D eigenvalue weighted by Crippen LogP contribution is -2.20. The maximum absolute atomic E-state index is 6.18. The molecule has 0 aliphatic heterocycles. The standard InChI is InChI=1S/C18H23NO/c1-4-15-7-5-6-8-17(15)20-18(12-19)16-11-13(2)9-10-14(16)3/h5-11,18H,4,12,19H2,1-3H3. The quantitative estimate of drug-likeness (QED) is 0.892. The molecule has 0 aromatic heterocycles. The predicted molar refractivity (Wildman–Crippen MR) is 84.2 cm³/mol. The van der Waals surface area contributed by atoms with Gasteiger partial charge in [0.25, 0.3) is 0 Å². The summed E-state index contributed by atoms with van der Waals surface area (Å²) in [4.78, 5) is 0. The monoisotopic (exact) mass is 269 g/mol. The molecule has 0 amide bonds. The van der Waals surface area contributed by atoms with Crippen LogP contribution >= 0.6 is 0 Å². The maximum atomic E-state index is 6.18. The van der Waals surface area contributed by atoms with Crippen LogP contribution in [-0.2, 0) is 6.42 Å². The summed E-state index contributed by atoms with van der Waals surface area (Å²) in [7, 11) is 0. The Bertz CT molecular complexity index is 577. The number of hydrogen-bond donors (Lipinski definition) is 1. The van der Waals surface area contributed by atoms with Crippen molar-refractivity contribution in [2.75, 3.05) is 6.54 Å². The van der Waals surface area contributed by atoms with Crippen molar-refractivity contribution in [3.63, 3.8) is 0 Å². The van der Waals surface area contributed by atoms with Crippen LogP contribution in [0.25, 0.3) is 0 Å². The molecule has 2 nitrogen and oxygen atoms in total. The lowest BCUT2D eigenvalue weighted by atomic mass is 10.0. The summed E-state index contributed by atoms with van der Waals surface area (Å²) >= 11 is 0. The number of aryl methyl sites for hydroxylation is 3. The summed E-state index contributed by atoms with van der Waals surface area (Å²) in [5.41, 5.74) is 10.8. The van der Waals surface area contributed by atoms with Gasteiger partial charge in [0.1, 0.15) is 11.9 Å². The van der Waals surface area contributed by atoms with Gasteiger partial charge in [0.15, 0.2) is 0 Å². The van der Waals surface area contributed by atoms with Gasteiger partial charge in [-0.05, 0) is 43.0 Å². The number of nitrogens with two attached hydrogens (primary N) is 1. The minimum absolute atomic E-state index is 0.0948. The smallest absolute Gasteiger partial charge is 0.136 e. The van der Waals surface area contributed by atoms with E-state index in [9.17, 15) is 0 Å². The van der Waals surface area contributed by atoms with Crippen molar-refractivity contribution in [3.05, 3.63) is 64.7 Å². The van der Waals surface area contributed by atoms with Crippen LogP contribution in [0.5, 0.6) is 5.75 Å². The molecular formula is C18H23NO. The molecular weight excluding hydrogens is 246 g/mol. The van der Waals surface area contributed by atoms with Crippen LogP contribution in [0.4, 0.5) is 0 Å². The van der Waals surface area contributed by atoms with Crippen LogP contribution in [0.1, 0.15) is 35.3 Å². The van der Waals surface area contributed by atoms with Crippen molar-refractivity contribution < 1.29 is 4.74 Å². The number of para-hydroxylation sites is 1. The van der Waals surface area contributed by atoms with Crippen LogP contribution < -0.4 is 10.5 Å². The Hall–Kier alpha value is -1.80. The Labute approximate surface area is 121 Å². The van der Waals surface area contributed by atoms with Crippen LogP contribution in [0, 0.1) is 13.8 Å². The Kier molecular flexibility index (Phi) is 4.80. The van der Waals surface area contributed by atoms with Gasteiger partial charge in [-0.1, -0.05) is 48.9 Å². The van der Waals surface area contributed by atoms with Gasteiger partial charge in [-0.2, -0.15) is 0 Å². The zero-order valence-electron chi connectivity index (χ0n) is 12.5. The van der Waals surface area contributed by atoms with Gasteiger partial charge in [-0.15, -0.1) is 0 Å². The molecule has 1 atom stereocenters. The molecule has 0 radical (unpaired) electrons. The minimum Gasteiger partial charge on any atom is -0.484 e. The Morgan fingerprint density at radius 1 is 1.10 bits per heavy atom. The normalized spacial score (nSPS) is 12.2. The molecule has 2 aromatic carbocycles. The first-order chi connectivity index (χ1) is 9.65. The highest BCUT2D eigenvalue weighted by Crippen LogP contribution is 2.27. The molecule has 2 aromatic rings. The van der Waals surface area contributed by atoms with Crippen molar-refractivity contribution in [3.8, 4) is 5.75 Å². The van der Waals surface area contributed by atoms with Crippen molar-refractivity contribution in [2.45, 2.75) is 33.3 Å².